The minimum atomic E-state index is 0.244. The molecule has 0 aliphatic rings. The Labute approximate surface area is 81.8 Å². The molecule has 0 saturated carbocycles. The molecule has 0 amide bonds. The molecular weight excluding hydrogens is 176 g/mol. The second-order valence-electron chi connectivity index (χ2n) is 3.27. The van der Waals surface area contributed by atoms with Crippen molar-refractivity contribution in [3.8, 4) is 11.8 Å². The van der Waals surface area contributed by atoms with E-state index in [2.05, 4.69) is 6.07 Å². The van der Waals surface area contributed by atoms with Crippen molar-refractivity contribution in [2.75, 3.05) is 0 Å². The summed E-state index contributed by atoms with van der Waals surface area (Å²) in [7, 11) is 1.91. The number of benzene rings is 1. The van der Waals surface area contributed by atoms with Crippen LogP contribution in [0.2, 0.25) is 0 Å². The minimum absolute atomic E-state index is 0.244. The van der Waals surface area contributed by atoms with Crippen LogP contribution >= 0.6 is 0 Å². The predicted molar refractivity (Wildman–Crippen MR) is 53.9 cm³/mol. The van der Waals surface area contributed by atoms with Gasteiger partial charge in [0, 0.05) is 18.6 Å². The van der Waals surface area contributed by atoms with E-state index in [0.29, 0.717) is 6.42 Å². The molecule has 1 N–H and O–H groups in total. The van der Waals surface area contributed by atoms with Crippen molar-refractivity contribution in [3.05, 3.63) is 30.0 Å². The zero-order valence-corrected chi connectivity index (χ0v) is 7.86. The van der Waals surface area contributed by atoms with Crippen molar-refractivity contribution in [1.82, 2.24) is 4.57 Å². The Balaban J connectivity index is 2.80. The molecule has 0 bridgehead atoms. The van der Waals surface area contributed by atoms with E-state index in [1.165, 1.54) is 0 Å². The Morgan fingerprint density at radius 1 is 1.50 bits per heavy atom. The molecule has 0 fully saturated rings. The highest BCUT2D eigenvalue weighted by molar-refractivity contribution is 5.89. The van der Waals surface area contributed by atoms with Gasteiger partial charge in [0.2, 0.25) is 0 Å². The Morgan fingerprint density at radius 2 is 2.29 bits per heavy atom. The first-order valence-electron chi connectivity index (χ1n) is 4.37. The maximum atomic E-state index is 9.67. The van der Waals surface area contributed by atoms with E-state index in [1.54, 1.807) is 12.1 Å². The van der Waals surface area contributed by atoms with Crippen LogP contribution in [0.1, 0.15) is 5.56 Å². The fourth-order valence-corrected chi connectivity index (χ4v) is 1.74. The lowest BCUT2D eigenvalue weighted by Gasteiger charge is -1.97. The van der Waals surface area contributed by atoms with Crippen LogP contribution in [0, 0.1) is 11.3 Å². The number of aryl methyl sites for hydroxylation is 1. The lowest BCUT2D eigenvalue weighted by molar-refractivity contribution is 0.481. The summed E-state index contributed by atoms with van der Waals surface area (Å²) in [6.07, 6.45) is 2.21. The summed E-state index contributed by atoms with van der Waals surface area (Å²) in [6, 6.07) is 7.46. The van der Waals surface area contributed by atoms with Gasteiger partial charge in [-0.1, -0.05) is 6.07 Å². The molecule has 2 aromatic rings. The molecule has 0 atom stereocenters. The minimum Gasteiger partial charge on any atom is -0.507 e. The molecule has 3 heteroatoms. The van der Waals surface area contributed by atoms with Crippen LogP contribution < -0.4 is 0 Å². The van der Waals surface area contributed by atoms with Crippen LogP contribution in [-0.2, 0) is 13.5 Å². The molecule has 1 aromatic carbocycles. The fraction of sp³-hybridized carbons (Fsp3) is 0.182. The lowest BCUT2D eigenvalue weighted by Crippen LogP contribution is -1.82. The Bertz CT molecular complexity index is 520. The molecule has 0 radical (unpaired) electrons. The van der Waals surface area contributed by atoms with Gasteiger partial charge >= 0.3 is 0 Å². The molecule has 0 unspecified atom stereocenters. The first kappa shape index (κ1) is 8.64. The standard InChI is InChI=1S/C11H10N2O/c1-13-7-8(5-6-12)11-9(13)3-2-4-10(11)14/h2-4,7,14H,5H2,1H3. The summed E-state index contributed by atoms with van der Waals surface area (Å²) in [5, 5.41) is 19.1. The van der Waals surface area contributed by atoms with Crippen molar-refractivity contribution in [1.29, 1.82) is 5.26 Å². The van der Waals surface area contributed by atoms with Gasteiger partial charge in [0.1, 0.15) is 5.75 Å². The van der Waals surface area contributed by atoms with Gasteiger partial charge < -0.3 is 9.67 Å². The third kappa shape index (κ3) is 1.12. The highest BCUT2D eigenvalue weighted by atomic mass is 16.3. The van der Waals surface area contributed by atoms with Gasteiger partial charge in [-0.05, 0) is 17.7 Å². The summed E-state index contributed by atoms with van der Waals surface area (Å²) in [6.45, 7) is 0. The monoisotopic (exact) mass is 186 g/mol. The predicted octanol–water partition coefficient (Wildman–Crippen LogP) is 1.95. The smallest absolute Gasteiger partial charge is 0.125 e. The number of nitriles is 1. The molecule has 2 rings (SSSR count). The van der Waals surface area contributed by atoms with Crippen LogP contribution in [-0.4, -0.2) is 9.67 Å². The molecule has 0 saturated heterocycles. The van der Waals surface area contributed by atoms with Crippen molar-refractivity contribution < 1.29 is 5.11 Å². The first-order chi connectivity index (χ1) is 6.74. The highest BCUT2D eigenvalue weighted by Gasteiger charge is 2.09. The topological polar surface area (TPSA) is 49.0 Å². The van der Waals surface area contributed by atoms with Gasteiger partial charge in [-0.3, -0.25) is 0 Å². The maximum absolute atomic E-state index is 9.67. The molecule has 0 aliphatic carbocycles. The second kappa shape index (κ2) is 3.08. The van der Waals surface area contributed by atoms with Crippen molar-refractivity contribution in [3.63, 3.8) is 0 Å². The zero-order chi connectivity index (χ0) is 10.1. The number of phenolic OH excluding ortho intramolecular Hbond substituents is 1. The van der Waals surface area contributed by atoms with E-state index in [0.717, 1.165) is 16.5 Å². The number of rotatable bonds is 1. The molecule has 70 valence electrons. The van der Waals surface area contributed by atoms with E-state index in [9.17, 15) is 5.11 Å². The van der Waals surface area contributed by atoms with Crippen molar-refractivity contribution >= 4 is 10.9 Å². The molecule has 0 aliphatic heterocycles. The van der Waals surface area contributed by atoms with Crippen molar-refractivity contribution in [2.24, 2.45) is 7.05 Å². The number of hydrogen-bond donors (Lipinski definition) is 1. The molecule has 0 spiro atoms. The molecule has 1 aromatic heterocycles. The summed E-state index contributed by atoms with van der Waals surface area (Å²) >= 11 is 0. The van der Waals surface area contributed by atoms with Gasteiger partial charge in [0.05, 0.1) is 18.0 Å². The SMILES string of the molecule is Cn1cc(CC#N)c2c(O)cccc21. The van der Waals surface area contributed by atoms with Gasteiger partial charge in [-0.25, -0.2) is 0 Å². The average molecular weight is 186 g/mol. The van der Waals surface area contributed by atoms with Crippen molar-refractivity contribution in [2.45, 2.75) is 6.42 Å². The lowest BCUT2D eigenvalue weighted by atomic mass is 10.1. The molecule has 14 heavy (non-hydrogen) atoms. The Kier molecular flexibility index (Phi) is 1.90. The number of fused-ring (bicyclic) bond motifs is 1. The van der Waals surface area contributed by atoms with Crippen LogP contribution in [0.15, 0.2) is 24.4 Å². The number of aromatic nitrogens is 1. The fourth-order valence-electron chi connectivity index (χ4n) is 1.74. The molecule has 3 nitrogen and oxygen atoms in total. The zero-order valence-electron chi connectivity index (χ0n) is 7.86. The first-order valence-corrected chi connectivity index (χ1v) is 4.37. The van der Waals surface area contributed by atoms with Gasteiger partial charge in [0.15, 0.2) is 0 Å². The van der Waals surface area contributed by atoms with Crippen LogP contribution in [0.3, 0.4) is 0 Å². The van der Waals surface area contributed by atoms with Gasteiger partial charge in [-0.2, -0.15) is 5.26 Å². The van der Waals surface area contributed by atoms with Crippen LogP contribution in [0.4, 0.5) is 0 Å². The summed E-state index contributed by atoms with van der Waals surface area (Å²) in [5.41, 5.74) is 1.83. The third-order valence-electron chi connectivity index (χ3n) is 2.34. The number of aromatic hydroxyl groups is 1. The summed E-state index contributed by atoms with van der Waals surface area (Å²) in [5.74, 6) is 0.244. The average Bonchev–Trinajstić information content (AvgIpc) is 2.46. The van der Waals surface area contributed by atoms with Crippen LogP contribution in [0.25, 0.3) is 10.9 Å². The Hall–Kier alpha value is -1.95. The number of nitrogens with zero attached hydrogens (tertiary/aromatic N) is 2. The molecular formula is C11H10N2O. The summed E-state index contributed by atoms with van der Waals surface area (Å²) < 4.78 is 1.92. The normalized spacial score (nSPS) is 10.3. The van der Waals surface area contributed by atoms with Crippen LogP contribution in [0.5, 0.6) is 5.75 Å². The Morgan fingerprint density at radius 3 is 3.00 bits per heavy atom. The van der Waals surface area contributed by atoms with E-state index in [4.69, 9.17) is 5.26 Å². The highest BCUT2D eigenvalue weighted by Crippen LogP contribution is 2.29. The number of hydrogen-bond acceptors (Lipinski definition) is 2. The second-order valence-corrected chi connectivity index (χ2v) is 3.27. The third-order valence-corrected chi connectivity index (χ3v) is 2.34. The van der Waals surface area contributed by atoms with Gasteiger partial charge in [-0.15, -0.1) is 0 Å². The largest absolute Gasteiger partial charge is 0.507 e. The van der Waals surface area contributed by atoms with E-state index in [1.807, 2.05) is 23.9 Å². The maximum Gasteiger partial charge on any atom is 0.125 e. The van der Waals surface area contributed by atoms with E-state index in [-0.39, 0.29) is 5.75 Å². The van der Waals surface area contributed by atoms with E-state index >= 15 is 0 Å². The molecule has 1 heterocycles. The summed E-state index contributed by atoms with van der Waals surface area (Å²) in [4.78, 5) is 0. The number of phenols is 1. The van der Waals surface area contributed by atoms with E-state index < -0.39 is 0 Å². The van der Waals surface area contributed by atoms with Gasteiger partial charge in [0.25, 0.3) is 0 Å². The quantitative estimate of drug-likeness (QED) is 0.740.